The third-order valence-electron chi connectivity index (χ3n) is 3.04. The summed E-state index contributed by atoms with van der Waals surface area (Å²) >= 11 is 0. The Morgan fingerprint density at radius 3 is 2.47 bits per heavy atom. The number of hydrogen-bond donors (Lipinski definition) is 2. The molecule has 1 aromatic carbocycles. The minimum atomic E-state index is 0.0997. The summed E-state index contributed by atoms with van der Waals surface area (Å²) in [5, 5.41) is 6.82. The van der Waals surface area contributed by atoms with Crippen LogP contribution in [0.3, 0.4) is 0 Å². The molecule has 0 aliphatic rings. The molecule has 1 rings (SSSR count). The van der Waals surface area contributed by atoms with Crippen LogP contribution in [0.5, 0.6) is 0 Å². The van der Waals surface area contributed by atoms with Crippen molar-refractivity contribution in [2.24, 2.45) is 0 Å². The second-order valence-corrected chi connectivity index (χ2v) is 4.64. The maximum Gasteiger partial charge on any atom is 0.0945 e. The molecule has 0 aliphatic carbocycles. The average Bonchev–Trinajstić information content (AvgIpc) is 2.45. The van der Waals surface area contributed by atoms with Gasteiger partial charge in [0.05, 0.1) is 12.7 Å². The molecule has 2 unspecified atom stereocenters. The highest BCUT2D eigenvalue weighted by atomic mass is 16.5. The van der Waals surface area contributed by atoms with Gasteiger partial charge >= 0.3 is 0 Å². The van der Waals surface area contributed by atoms with Crippen LogP contribution in [0, 0.1) is 0 Å². The molecule has 2 N–H and O–H groups in total. The molecular weight excluding hydrogens is 240 g/mol. The lowest BCUT2D eigenvalue weighted by Crippen LogP contribution is -2.39. The van der Waals surface area contributed by atoms with Crippen molar-refractivity contribution >= 4 is 0 Å². The van der Waals surface area contributed by atoms with Crippen LogP contribution in [-0.4, -0.2) is 46.5 Å². The second-order valence-electron chi connectivity index (χ2n) is 4.64. The lowest BCUT2D eigenvalue weighted by atomic mass is 10.1. The van der Waals surface area contributed by atoms with Crippen LogP contribution >= 0.6 is 0 Å². The van der Waals surface area contributed by atoms with Gasteiger partial charge in [-0.05, 0) is 12.5 Å². The van der Waals surface area contributed by atoms with Crippen molar-refractivity contribution < 1.29 is 9.47 Å². The summed E-state index contributed by atoms with van der Waals surface area (Å²) in [7, 11) is 3.47. The van der Waals surface area contributed by atoms with Crippen LogP contribution in [0.2, 0.25) is 0 Å². The highest BCUT2D eigenvalue weighted by molar-refractivity contribution is 5.17. The predicted octanol–water partition coefficient (Wildman–Crippen LogP) is 1.59. The maximum absolute atomic E-state index is 5.53. The molecule has 0 saturated carbocycles. The topological polar surface area (TPSA) is 42.5 Å². The normalized spacial score (nSPS) is 14.3. The Morgan fingerprint density at radius 2 is 1.84 bits per heavy atom. The number of nitrogens with one attached hydrogen (secondary N) is 2. The molecule has 4 heteroatoms. The molecule has 0 spiro atoms. The highest BCUT2D eigenvalue weighted by Gasteiger charge is 2.11. The van der Waals surface area contributed by atoms with Crippen LogP contribution in [0.25, 0.3) is 0 Å². The molecule has 19 heavy (non-hydrogen) atoms. The van der Waals surface area contributed by atoms with E-state index in [1.165, 1.54) is 5.56 Å². The Bertz CT molecular complexity index is 319. The standard InChI is InChI=1S/C15H26N2O2/c1-13(11-16-9-10-18-2)17-12-15(19-3)14-7-5-4-6-8-14/h4-8,13,15-17H,9-12H2,1-3H3. The fraction of sp³-hybridized carbons (Fsp3) is 0.600. The van der Waals surface area contributed by atoms with Gasteiger partial charge < -0.3 is 20.1 Å². The van der Waals surface area contributed by atoms with Gasteiger partial charge in [0.2, 0.25) is 0 Å². The number of hydrogen-bond acceptors (Lipinski definition) is 4. The van der Waals surface area contributed by atoms with Gasteiger partial charge in [-0.3, -0.25) is 0 Å². The van der Waals surface area contributed by atoms with Gasteiger partial charge in [0.1, 0.15) is 0 Å². The van der Waals surface area contributed by atoms with Crippen LogP contribution in [-0.2, 0) is 9.47 Å². The van der Waals surface area contributed by atoms with Gasteiger partial charge in [0.15, 0.2) is 0 Å². The number of rotatable bonds is 10. The fourth-order valence-electron chi connectivity index (χ4n) is 1.88. The van der Waals surface area contributed by atoms with Gasteiger partial charge in [-0.2, -0.15) is 0 Å². The van der Waals surface area contributed by atoms with Gasteiger partial charge in [0.25, 0.3) is 0 Å². The SMILES string of the molecule is COCCNCC(C)NCC(OC)c1ccccc1. The maximum atomic E-state index is 5.53. The van der Waals surface area contributed by atoms with Crippen LogP contribution < -0.4 is 10.6 Å². The van der Waals surface area contributed by atoms with Gasteiger partial charge in [0, 0.05) is 39.9 Å². The highest BCUT2D eigenvalue weighted by Crippen LogP contribution is 2.14. The van der Waals surface area contributed by atoms with Crippen molar-refractivity contribution in [2.75, 3.05) is 40.5 Å². The Hall–Kier alpha value is -0.940. The third-order valence-corrected chi connectivity index (χ3v) is 3.04. The van der Waals surface area contributed by atoms with Crippen molar-refractivity contribution in [1.29, 1.82) is 0 Å². The smallest absolute Gasteiger partial charge is 0.0945 e. The zero-order valence-electron chi connectivity index (χ0n) is 12.2. The number of benzene rings is 1. The molecule has 0 aliphatic heterocycles. The van der Waals surface area contributed by atoms with Crippen molar-refractivity contribution in [2.45, 2.75) is 19.1 Å². The molecular formula is C15H26N2O2. The number of ether oxygens (including phenoxy) is 2. The summed E-state index contributed by atoms with van der Waals surface area (Å²) in [4.78, 5) is 0. The Labute approximate surface area is 116 Å². The van der Waals surface area contributed by atoms with Crippen LogP contribution in [0.1, 0.15) is 18.6 Å². The molecule has 1 aromatic rings. The monoisotopic (exact) mass is 266 g/mol. The molecule has 0 aromatic heterocycles. The van der Waals surface area contributed by atoms with Crippen LogP contribution in [0.15, 0.2) is 30.3 Å². The lowest BCUT2D eigenvalue weighted by molar-refractivity contribution is 0.0997. The Kier molecular flexibility index (Phi) is 8.41. The molecule has 0 amide bonds. The molecule has 0 bridgehead atoms. The zero-order chi connectivity index (χ0) is 13.9. The molecule has 0 saturated heterocycles. The lowest BCUT2D eigenvalue weighted by Gasteiger charge is -2.20. The first kappa shape index (κ1) is 16.1. The van der Waals surface area contributed by atoms with E-state index in [0.29, 0.717) is 6.04 Å². The summed E-state index contributed by atoms with van der Waals surface area (Å²) in [5.41, 5.74) is 1.21. The summed E-state index contributed by atoms with van der Waals surface area (Å²) in [6.07, 6.45) is 0.0997. The van der Waals surface area contributed by atoms with Crippen LogP contribution in [0.4, 0.5) is 0 Å². The molecule has 0 radical (unpaired) electrons. The van der Waals surface area contributed by atoms with Crippen molar-refractivity contribution in [3.05, 3.63) is 35.9 Å². The average molecular weight is 266 g/mol. The third kappa shape index (κ3) is 6.68. The zero-order valence-corrected chi connectivity index (χ0v) is 12.2. The quantitative estimate of drug-likeness (QED) is 0.631. The first-order chi connectivity index (χ1) is 9.27. The van der Waals surface area contributed by atoms with E-state index in [-0.39, 0.29) is 6.10 Å². The fourth-order valence-corrected chi connectivity index (χ4v) is 1.88. The second kappa shape index (κ2) is 9.92. The molecule has 0 fully saturated rings. The van der Waals surface area contributed by atoms with Crippen molar-refractivity contribution in [1.82, 2.24) is 10.6 Å². The van der Waals surface area contributed by atoms with Crippen molar-refractivity contribution in [3.8, 4) is 0 Å². The predicted molar refractivity (Wildman–Crippen MR) is 78.4 cm³/mol. The van der Waals surface area contributed by atoms with E-state index in [9.17, 15) is 0 Å². The van der Waals surface area contributed by atoms with E-state index in [2.05, 4.69) is 29.7 Å². The van der Waals surface area contributed by atoms with E-state index in [0.717, 1.165) is 26.2 Å². The largest absolute Gasteiger partial charge is 0.383 e. The molecule has 4 nitrogen and oxygen atoms in total. The summed E-state index contributed by atoms with van der Waals surface area (Å²) < 4.78 is 10.5. The van der Waals surface area contributed by atoms with Crippen molar-refractivity contribution in [3.63, 3.8) is 0 Å². The Balaban J connectivity index is 2.25. The van der Waals surface area contributed by atoms with Gasteiger partial charge in [-0.1, -0.05) is 30.3 Å². The van der Waals surface area contributed by atoms with Gasteiger partial charge in [-0.15, -0.1) is 0 Å². The van der Waals surface area contributed by atoms with E-state index < -0.39 is 0 Å². The summed E-state index contributed by atoms with van der Waals surface area (Å²) in [6, 6.07) is 10.7. The minimum Gasteiger partial charge on any atom is -0.383 e. The minimum absolute atomic E-state index is 0.0997. The molecule has 2 atom stereocenters. The number of methoxy groups -OCH3 is 2. The van der Waals surface area contributed by atoms with E-state index in [1.54, 1.807) is 14.2 Å². The Morgan fingerprint density at radius 1 is 1.11 bits per heavy atom. The van der Waals surface area contributed by atoms with Gasteiger partial charge in [-0.25, -0.2) is 0 Å². The van der Waals surface area contributed by atoms with E-state index in [1.807, 2.05) is 18.2 Å². The molecule has 108 valence electrons. The summed E-state index contributed by atoms with van der Waals surface area (Å²) in [5.74, 6) is 0. The first-order valence-corrected chi connectivity index (χ1v) is 6.78. The molecule has 0 heterocycles. The van der Waals surface area contributed by atoms with E-state index >= 15 is 0 Å². The summed E-state index contributed by atoms with van der Waals surface area (Å²) in [6.45, 7) is 5.53. The van der Waals surface area contributed by atoms with E-state index in [4.69, 9.17) is 9.47 Å². The first-order valence-electron chi connectivity index (χ1n) is 6.78.